The molecular weight excluding hydrogens is 262 g/mol. The predicted octanol–water partition coefficient (Wildman–Crippen LogP) is 2.49. The Morgan fingerprint density at radius 3 is 3.05 bits per heavy atom. The highest BCUT2D eigenvalue weighted by molar-refractivity contribution is 7.13. The number of carbonyl (C=O) groups is 1. The van der Waals surface area contributed by atoms with Gasteiger partial charge in [0.05, 0.1) is 19.2 Å². The fourth-order valence-electron chi connectivity index (χ4n) is 1.56. The molecule has 0 aliphatic heterocycles. The van der Waals surface area contributed by atoms with Crippen LogP contribution in [0.25, 0.3) is 0 Å². The third-order valence-electron chi connectivity index (χ3n) is 2.61. The van der Waals surface area contributed by atoms with Crippen LogP contribution in [-0.2, 0) is 16.0 Å². The van der Waals surface area contributed by atoms with Gasteiger partial charge in [0.1, 0.15) is 0 Å². The number of benzene rings is 1. The van der Waals surface area contributed by atoms with Crippen molar-refractivity contribution in [2.24, 2.45) is 0 Å². The van der Waals surface area contributed by atoms with Gasteiger partial charge in [0, 0.05) is 16.8 Å². The lowest BCUT2D eigenvalue weighted by Gasteiger charge is -2.07. The summed E-state index contributed by atoms with van der Waals surface area (Å²) in [6.07, 6.45) is 0.185. The van der Waals surface area contributed by atoms with Gasteiger partial charge in [-0.15, -0.1) is 11.3 Å². The van der Waals surface area contributed by atoms with Gasteiger partial charge in [0.15, 0.2) is 5.13 Å². The average Bonchev–Trinajstić information content (AvgIpc) is 2.81. The van der Waals surface area contributed by atoms with E-state index in [1.807, 2.05) is 30.5 Å². The molecule has 1 aromatic carbocycles. The van der Waals surface area contributed by atoms with Crippen molar-refractivity contribution in [1.29, 1.82) is 0 Å². The van der Waals surface area contributed by atoms with E-state index < -0.39 is 0 Å². The summed E-state index contributed by atoms with van der Waals surface area (Å²) in [4.78, 5) is 15.5. The summed E-state index contributed by atoms with van der Waals surface area (Å²) in [7, 11) is 1.37. The number of nitrogen functional groups attached to an aromatic ring is 1. The number of ether oxygens (including phenoxy) is 1. The van der Waals surface area contributed by atoms with E-state index in [0.717, 1.165) is 16.4 Å². The predicted molar refractivity (Wildman–Crippen MR) is 76.7 cm³/mol. The summed E-state index contributed by atoms with van der Waals surface area (Å²) in [6.45, 7) is 1.99. The number of hydrogen-bond acceptors (Lipinski definition) is 6. The Labute approximate surface area is 115 Å². The molecule has 0 fully saturated rings. The van der Waals surface area contributed by atoms with Crippen LogP contribution in [0.1, 0.15) is 11.3 Å². The van der Waals surface area contributed by atoms with Crippen molar-refractivity contribution in [2.45, 2.75) is 13.3 Å². The van der Waals surface area contributed by atoms with Gasteiger partial charge in [-0.2, -0.15) is 0 Å². The molecule has 0 spiro atoms. The Morgan fingerprint density at radius 2 is 2.32 bits per heavy atom. The standard InChI is InChI=1S/C13H15N3O2S/c1-8-3-4-9(14)5-11(8)16-13-15-10(7-19-13)6-12(17)18-2/h3-5,7H,6,14H2,1-2H3,(H,15,16). The van der Waals surface area contributed by atoms with Crippen molar-refractivity contribution >= 4 is 33.8 Å². The molecule has 0 aliphatic carbocycles. The van der Waals surface area contributed by atoms with Crippen molar-refractivity contribution in [3.63, 3.8) is 0 Å². The number of rotatable bonds is 4. The number of aromatic nitrogens is 1. The van der Waals surface area contributed by atoms with Crippen LogP contribution >= 0.6 is 11.3 Å². The molecule has 6 heteroatoms. The van der Waals surface area contributed by atoms with Crippen LogP contribution in [0, 0.1) is 6.92 Å². The maximum atomic E-state index is 11.2. The number of nitrogens with zero attached hydrogens (tertiary/aromatic N) is 1. The second-order valence-electron chi connectivity index (χ2n) is 4.10. The van der Waals surface area contributed by atoms with Crippen molar-refractivity contribution < 1.29 is 9.53 Å². The lowest BCUT2D eigenvalue weighted by Crippen LogP contribution is -2.04. The van der Waals surface area contributed by atoms with E-state index in [1.54, 1.807) is 0 Å². The Bertz CT molecular complexity index is 595. The number of nitrogens with two attached hydrogens (primary N) is 1. The monoisotopic (exact) mass is 277 g/mol. The van der Waals surface area contributed by atoms with Crippen LogP contribution in [0.15, 0.2) is 23.6 Å². The van der Waals surface area contributed by atoms with Crippen LogP contribution in [0.2, 0.25) is 0 Å². The molecule has 100 valence electrons. The molecule has 0 aliphatic rings. The first-order valence-corrected chi connectivity index (χ1v) is 6.61. The van der Waals surface area contributed by atoms with Gasteiger partial charge in [-0.3, -0.25) is 4.79 Å². The van der Waals surface area contributed by atoms with Crippen molar-refractivity contribution in [3.05, 3.63) is 34.8 Å². The maximum absolute atomic E-state index is 11.2. The quantitative estimate of drug-likeness (QED) is 0.663. The van der Waals surface area contributed by atoms with Crippen LogP contribution in [-0.4, -0.2) is 18.1 Å². The highest BCUT2D eigenvalue weighted by Crippen LogP contribution is 2.25. The summed E-state index contributed by atoms with van der Waals surface area (Å²) < 4.78 is 4.61. The fraction of sp³-hybridized carbons (Fsp3) is 0.231. The third-order valence-corrected chi connectivity index (χ3v) is 3.41. The number of thiazole rings is 1. The molecule has 0 saturated carbocycles. The Balaban J connectivity index is 2.11. The highest BCUT2D eigenvalue weighted by Gasteiger charge is 2.08. The second-order valence-corrected chi connectivity index (χ2v) is 4.95. The van der Waals surface area contributed by atoms with Crippen molar-refractivity contribution in [1.82, 2.24) is 4.98 Å². The van der Waals surface area contributed by atoms with Gasteiger partial charge in [-0.25, -0.2) is 4.98 Å². The molecule has 0 bridgehead atoms. The molecule has 5 nitrogen and oxygen atoms in total. The molecule has 1 heterocycles. The first-order chi connectivity index (χ1) is 9.08. The van der Waals surface area contributed by atoms with Crippen LogP contribution in [0.3, 0.4) is 0 Å². The summed E-state index contributed by atoms with van der Waals surface area (Å²) >= 11 is 1.44. The smallest absolute Gasteiger partial charge is 0.311 e. The SMILES string of the molecule is COC(=O)Cc1csc(Nc2cc(N)ccc2C)n1. The highest BCUT2D eigenvalue weighted by atomic mass is 32.1. The zero-order valence-corrected chi connectivity index (χ0v) is 11.6. The minimum absolute atomic E-state index is 0.185. The van der Waals surface area contributed by atoms with Crippen LogP contribution in [0.4, 0.5) is 16.5 Å². The average molecular weight is 277 g/mol. The minimum Gasteiger partial charge on any atom is -0.469 e. The van der Waals surface area contributed by atoms with E-state index in [9.17, 15) is 4.79 Å². The summed E-state index contributed by atoms with van der Waals surface area (Å²) in [5, 5.41) is 5.76. The number of anilines is 3. The molecular formula is C13H15N3O2S. The summed E-state index contributed by atoms with van der Waals surface area (Å²) in [5.41, 5.74) is 9.14. The molecule has 0 saturated heterocycles. The normalized spacial score (nSPS) is 10.2. The first-order valence-electron chi connectivity index (χ1n) is 5.73. The summed E-state index contributed by atoms with van der Waals surface area (Å²) in [6, 6.07) is 5.66. The molecule has 19 heavy (non-hydrogen) atoms. The first kappa shape index (κ1) is 13.4. The Kier molecular flexibility index (Phi) is 4.01. The minimum atomic E-state index is -0.294. The van der Waals surface area contributed by atoms with E-state index in [0.29, 0.717) is 11.4 Å². The third kappa shape index (κ3) is 3.45. The topological polar surface area (TPSA) is 77.2 Å². The van der Waals surface area contributed by atoms with E-state index in [4.69, 9.17) is 5.73 Å². The van der Waals surface area contributed by atoms with E-state index in [1.165, 1.54) is 18.4 Å². The van der Waals surface area contributed by atoms with Gasteiger partial charge in [0.2, 0.25) is 0 Å². The number of methoxy groups -OCH3 is 1. The molecule has 0 unspecified atom stereocenters. The van der Waals surface area contributed by atoms with Gasteiger partial charge in [0.25, 0.3) is 0 Å². The number of carbonyl (C=O) groups excluding carboxylic acids is 1. The molecule has 1 aromatic heterocycles. The van der Waals surface area contributed by atoms with Crippen molar-refractivity contribution in [3.8, 4) is 0 Å². The molecule has 2 rings (SSSR count). The van der Waals surface area contributed by atoms with Gasteiger partial charge in [-0.05, 0) is 24.6 Å². The van der Waals surface area contributed by atoms with Crippen molar-refractivity contribution in [2.75, 3.05) is 18.2 Å². The van der Waals surface area contributed by atoms with E-state index in [2.05, 4.69) is 15.0 Å². The number of hydrogen-bond donors (Lipinski definition) is 2. The molecule has 0 amide bonds. The lowest BCUT2D eigenvalue weighted by molar-refractivity contribution is -0.139. The number of nitrogens with one attached hydrogen (secondary N) is 1. The van der Waals surface area contributed by atoms with E-state index in [-0.39, 0.29) is 12.4 Å². The largest absolute Gasteiger partial charge is 0.469 e. The van der Waals surface area contributed by atoms with E-state index >= 15 is 0 Å². The van der Waals surface area contributed by atoms with Crippen LogP contribution in [0.5, 0.6) is 0 Å². The number of esters is 1. The Morgan fingerprint density at radius 1 is 1.53 bits per heavy atom. The molecule has 0 atom stereocenters. The Hall–Kier alpha value is -2.08. The molecule has 0 radical (unpaired) electrons. The zero-order chi connectivity index (χ0) is 13.8. The van der Waals surface area contributed by atoms with Gasteiger partial charge < -0.3 is 15.8 Å². The molecule has 2 aromatic rings. The van der Waals surface area contributed by atoms with Gasteiger partial charge >= 0.3 is 5.97 Å². The zero-order valence-electron chi connectivity index (χ0n) is 10.8. The van der Waals surface area contributed by atoms with Gasteiger partial charge in [-0.1, -0.05) is 6.07 Å². The molecule has 3 N–H and O–H groups in total. The van der Waals surface area contributed by atoms with Crippen LogP contribution < -0.4 is 11.1 Å². The maximum Gasteiger partial charge on any atom is 0.311 e. The fourth-order valence-corrected chi connectivity index (χ4v) is 2.28. The lowest BCUT2D eigenvalue weighted by atomic mass is 10.2. The number of aryl methyl sites for hydroxylation is 1. The summed E-state index contributed by atoms with van der Waals surface area (Å²) in [5.74, 6) is -0.294. The second kappa shape index (κ2) is 5.71.